The summed E-state index contributed by atoms with van der Waals surface area (Å²) < 4.78 is 37.4. The highest BCUT2D eigenvalue weighted by molar-refractivity contribution is 5.20. The molecule has 1 aromatic carbocycles. The topological polar surface area (TPSA) is 32.3 Å². The summed E-state index contributed by atoms with van der Waals surface area (Å²) in [6.07, 6.45) is -1.39. The number of hydrogen-bond acceptors (Lipinski definition) is 2. The van der Waals surface area contributed by atoms with Gasteiger partial charge in [0.2, 0.25) is 0 Å². The van der Waals surface area contributed by atoms with E-state index in [1.807, 2.05) is 30.3 Å². The number of nitrogens with one attached hydrogen (secondary N) is 1. The van der Waals surface area contributed by atoms with Crippen molar-refractivity contribution in [3.8, 4) is 0 Å². The molecule has 1 aliphatic rings. The Labute approximate surface area is 123 Å². The second-order valence-corrected chi connectivity index (χ2v) is 5.75. The van der Waals surface area contributed by atoms with Crippen LogP contribution in [0.5, 0.6) is 0 Å². The van der Waals surface area contributed by atoms with Gasteiger partial charge in [0, 0.05) is 12.6 Å². The number of aliphatic hydroxyl groups excluding tert-OH is 1. The van der Waals surface area contributed by atoms with Gasteiger partial charge in [-0.05, 0) is 24.3 Å². The highest BCUT2D eigenvalue weighted by Gasteiger charge is 2.38. The van der Waals surface area contributed by atoms with Crippen molar-refractivity contribution in [2.75, 3.05) is 6.54 Å². The fourth-order valence-corrected chi connectivity index (χ4v) is 3.04. The molecule has 21 heavy (non-hydrogen) atoms. The molecule has 2 atom stereocenters. The van der Waals surface area contributed by atoms with Crippen LogP contribution in [0.4, 0.5) is 13.2 Å². The van der Waals surface area contributed by atoms with E-state index in [-0.39, 0.29) is 6.04 Å². The summed E-state index contributed by atoms with van der Waals surface area (Å²) in [5, 5.41) is 12.1. The second kappa shape index (κ2) is 7.27. The van der Waals surface area contributed by atoms with Crippen LogP contribution >= 0.6 is 0 Å². The van der Waals surface area contributed by atoms with Gasteiger partial charge in [0.15, 0.2) is 6.10 Å². The first-order valence-electron chi connectivity index (χ1n) is 7.51. The van der Waals surface area contributed by atoms with E-state index in [2.05, 4.69) is 5.32 Å². The quantitative estimate of drug-likeness (QED) is 0.866. The molecule has 5 heteroatoms. The van der Waals surface area contributed by atoms with E-state index < -0.39 is 18.8 Å². The first-order valence-corrected chi connectivity index (χ1v) is 7.51. The predicted molar refractivity (Wildman–Crippen MR) is 75.8 cm³/mol. The van der Waals surface area contributed by atoms with E-state index >= 15 is 0 Å². The van der Waals surface area contributed by atoms with Gasteiger partial charge in [-0.25, -0.2) is 0 Å². The monoisotopic (exact) mass is 301 g/mol. The zero-order valence-electron chi connectivity index (χ0n) is 11.9. The van der Waals surface area contributed by atoms with E-state index in [0.717, 1.165) is 31.2 Å². The maximum atomic E-state index is 12.5. The van der Waals surface area contributed by atoms with Crippen molar-refractivity contribution in [3.63, 3.8) is 0 Å². The molecule has 2 unspecified atom stereocenters. The normalized spacial score (nSPS) is 20.2. The van der Waals surface area contributed by atoms with Gasteiger partial charge in [-0.3, -0.25) is 0 Å². The lowest BCUT2D eigenvalue weighted by molar-refractivity contribution is -0.202. The summed E-state index contributed by atoms with van der Waals surface area (Å²) in [5.41, 5.74) is 0.999. The molecule has 0 spiro atoms. The van der Waals surface area contributed by atoms with Gasteiger partial charge in [-0.15, -0.1) is 0 Å². The minimum Gasteiger partial charge on any atom is -0.382 e. The molecule has 0 radical (unpaired) electrons. The van der Waals surface area contributed by atoms with Crippen LogP contribution in [0.1, 0.15) is 43.7 Å². The number of alkyl halides is 3. The Bertz CT molecular complexity index is 415. The van der Waals surface area contributed by atoms with Crippen molar-refractivity contribution in [1.82, 2.24) is 5.32 Å². The third-order valence-corrected chi connectivity index (χ3v) is 4.19. The van der Waals surface area contributed by atoms with Crippen LogP contribution in [-0.4, -0.2) is 23.9 Å². The molecule has 1 aliphatic carbocycles. The average molecular weight is 301 g/mol. The van der Waals surface area contributed by atoms with E-state index in [1.165, 1.54) is 6.42 Å². The van der Waals surface area contributed by atoms with Gasteiger partial charge in [-0.2, -0.15) is 13.2 Å². The van der Waals surface area contributed by atoms with Crippen molar-refractivity contribution < 1.29 is 18.3 Å². The van der Waals surface area contributed by atoms with Crippen LogP contribution in [0.3, 0.4) is 0 Å². The van der Waals surface area contributed by atoms with Crippen molar-refractivity contribution in [2.45, 2.75) is 50.4 Å². The van der Waals surface area contributed by atoms with E-state index in [0.29, 0.717) is 5.92 Å². The molecule has 2 nitrogen and oxygen atoms in total. The van der Waals surface area contributed by atoms with Crippen molar-refractivity contribution in [3.05, 3.63) is 35.9 Å². The Kier molecular flexibility index (Phi) is 5.65. The van der Waals surface area contributed by atoms with Crippen molar-refractivity contribution >= 4 is 0 Å². The third-order valence-electron chi connectivity index (χ3n) is 4.19. The zero-order valence-corrected chi connectivity index (χ0v) is 11.9. The lowest BCUT2D eigenvalue weighted by Gasteiger charge is -2.32. The number of aliphatic hydroxyl groups is 1. The number of halogens is 3. The summed E-state index contributed by atoms with van der Waals surface area (Å²) in [7, 11) is 0. The Morgan fingerprint density at radius 1 is 1.10 bits per heavy atom. The zero-order chi connectivity index (χ0) is 15.3. The lowest BCUT2D eigenvalue weighted by Crippen LogP contribution is -2.41. The predicted octanol–water partition coefficient (Wildman–Crippen LogP) is 3.82. The maximum absolute atomic E-state index is 12.5. The Morgan fingerprint density at radius 2 is 1.71 bits per heavy atom. The molecule has 1 saturated carbocycles. The lowest BCUT2D eigenvalue weighted by atomic mass is 9.81. The maximum Gasteiger partial charge on any atom is 0.415 e. The second-order valence-electron chi connectivity index (χ2n) is 5.75. The van der Waals surface area contributed by atoms with Gasteiger partial charge < -0.3 is 10.4 Å². The minimum atomic E-state index is -4.57. The average Bonchev–Trinajstić information content (AvgIpc) is 2.48. The van der Waals surface area contributed by atoms with Crippen LogP contribution in [0.15, 0.2) is 30.3 Å². The smallest absolute Gasteiger partial charge is 0.382 e. The van der Waals surface area contributed by atoms with E-state index in [4.69, 9.17) is 0 Å². The molecular formula is C16H22F3NO. The minimum absolute atomic E-state index is 0.122. The van der Waals surface area contributed by atoms with Crippen LogP contribution in [0.25, 0.3) is 0 Å². The van der Waals surface area contributed by atoms with E-state index in [9.17, 15) is 18.3 Å². The molecule has 2 rings (SSSR count). The molecular weight excluding hydrogens is 279 g/mol. The van der Waals surface area contributed by atoms with E-state index in [1.54, 1.807) is 0 Å². The molecule has 1 aromatic rings. The number of benzene rings is 1. The van der Waals surface area contributed by atoms with Crippen molar-refractivity contribution in [2.24, 2.45) is 5.92 Å². The molecule has 2 N–H and O–H groups in total. The van der Waals surface area contributed by atoms with Crippen molar-refractivity contribution in [1.29, 1.82) is 0 Å². The molecule has 0 saturated heterocycles. The van der Waals surface area contributed by atoms with Crippen LogP contribution in [0, 0.1) is 5.92 Å². The summed E-state index contributed by atoms with van der Waals surface area (Å²) >= 11 is 0. The molecule has 0 amide bonds. The summed E-state index contributed by atoms with van der Waals surface area (Å²) in [6, 6.07) is 9.44. The first-order chi connectivity index (χ1) is 9.98. The van der Waals surface area contributed by atoms with Gasteiger partial charge in [-0.1, -0.05) is 49.6 Å². The van der Waals surface area contributed by atoms with Crippen LogP contribution in [-0.2, 0) is 0 Å². The molecule has 1 fully saturated rings. The van der Waals surface area contributed by atoms with Gasteiger partial charge in [0.25, 0.3) is 0 Å². The molecule has 118 valence electrons. The molecule has 0 aliphatic heterocycles. The molecule has 0 heterocycles. The van der Waals surface area contributed by atoms with Gasteiger partial charge in [0.1, 0.15) is 0 Å². The van der Waals surface area contributed by atoms with Crippen LogP contribution < -0.4 is 5.32 Å². The third kappa shape index (κ3) is 4.71. The van der Waals surface area contributed by atoms with Gasteiger partial charge in [0.05, 0.1) is 0 Å². The summed E-state index contributed by atoms with van der Waals surface area (Å²) in [6.45, 7) is -0.459. The summed E-state index contributed by atoms with van der Waals surface area (Å²) in [4.78, 5) is 0. The highest BCUT2D eigenvalue weighted by atomic mass is 19.4. The first kappa shape index (κ1) is 16.3. The number of rotatable bonds is 5. The van der Waals surface area contributed by atoms with Gasteiger partial charge >= 0.3 is 6.18 Å². The Morgan fingerprint density at radius 3 is 2.29 bits per heavy atom. The Balaban J connectivity index is 2.05. The molecule has 0 aromatic heterocycles. The van der Waals surface area contributed by atoms with Crippen LogP contribution in [0.2, 0.25) is 0 Å². The Hall–Kier alpha value is -1.07. The fourth-order valence-electron chi connectivity index (χ4n) is 3.04. The largest absolute Gasteiger partial charge is 0.415 e. The fraction of sp³-hybridized carbons (Fsp3) is 0.625. The molecule has 0 bridgehead atoms. The summed E-state index contributed by atoms with van der Waals surface area (Å²) in [5.74, 6) is 0.335. The number of hydrogen-bond donors (Lipinski definition) is 2. The highest BCUT2D eigenvalue weighted by Crippen LogP contribution is 2.34. The SMILES string of the molecule is OC(CNC(c1ccccc1)C1CCCCC1)C(F)(F)F. The standard InChI is InChI=1S/C16H22F3NO/c17-16(18,19)14(21)11-20-15(12-7-3-1-4-8-12)13-9-5-2-6-10-13/h1,3-4,7-8,13-15,20-21H,2,5-6,9-11H2.